The van der Waals surface area contributed by atoms with Crippen LogP contribution in [0.2, 0.25) is 5.02 Å². The average Bonchev–Trinajstić information content (AvgIpc) is 2.91. The van der Waals surface area contributed by atoms with E-state index in [2.05, 4.69) is 0 Å². The third-order valence-electron chi connectivity index (χ3n) is 3.66. The van der Waals surface area contributed by atoms with E-state index < -0.39 is 10.0 Å². The molecule has 0 aliphatic carbocycles. The Labute approximate surface area is 129 Å². The van der Waals surface area contributed by atoms with Crippen molar-refractivity contribution in [3.8, 4) is 0 Å². The Hall–Kier alpha value is -0.700. The zero-order chi connectivity index (χ0) is 15.6. The first kappa shape index (κ1) is 16.7. The van der Waals surface area contributed by atoms with Crippen molar-refractivity contribution in [2.75, 3.05) is 27.3 Å². The van der Waals surface area contributed by atoms with Crippen LogP contribution in [0.25, 0.3) is 0 Å². The normalized spacial score (nSPS) is 23.6. The van der Waals surface area contributed by atoms with Gasteiger partial charge in [-0.15, -0.1) is 0 Å². The average molecular weight is 335 g/mol. The first-order valence-electron chi connectivity index (χ1n) is 6.48. The van der Waals surface area contributed by atoms with Crippen LogP contribution in [0.1, 0.15) is 5.56 Å². The van der Waals surface area contributed by atoms with Gasteiger partial charge in [0.25, 0.3) is 0 Å². The zero-order valence-electron chi connectivity index (χ0n) is 12.0. The quantitative estimate of drug-likeness (QED) is 0.862. The first-order valence-corrected chi connectivity index (χ1v) is 8.30. The fourth-order valence-corrected chi connectivity index (χ4v) is 4.09. The van der Waals surface area contributed by atoms with Gasteiger partial charge in [-0.3, -0.25) is 0 Å². The van der Waals surface area contributed by atoms with Crippen LogP contribution in [-0.2, 0) is 26.0 Å². The molecule has 8 heteroatoms. The van der Waals surface area contributed by atoms with Crippen molar-refractivity contribution in [1.29, 1.82) is 0 Å². The van der Waals surface area contributed by atoms with Gasteiger partial charge >= 0.3 is 0 Å². The summed E-state index contributed by atoms with van der Waals surface area (Å²) in [5.74, 6) is 0. The van der Waals surface area contributed by atoms with Crippen LogP contribution in [0.4, 0.5) is 0 Å². The highest BCUT2D eigenvalue weighted by Gasteiger charge is 2.39. The molecule has 0 bridgehead atoms. The summed E-state index contributed by atoms with van der Waals surface area (Å²) in [7, 11) is -0.528. The van der Waals surface area contributed by atoms with Gasteiger partial charge in [0.2, 0.25) is 10.0 Å². The van der Waals surface area contributed by atoms with Gasteiger partial charge in [0, 0.05) is 38.9 Å². The van der Waals surface area contributed by atoms with Gasteiger partial charge in [-0.05, 0) is 23.8 Å². The predicted molar refractivity (Wildman–Crippen MR) is 79.7 cm³/mol. The molecule has 0 amide bonds. The van der Waals surface area contributed by atoms with E-state index in [0.29, 0.717) is 10.6 Å². The molecule has 21 heavy (non-hydrogen) atoms. The Morgan fingerprint density at radius 3 is 2.33 bits per heavy atom. The minimum absolute atomic E-state index is 0.180. The summed E-state index contributed by atoms with van der Waals surface area (Å²) in [5.41, 5.74) is 6.17. The highest BCUT2D eigenvalue weighted by molar-refractivity contribution is 7.89. The number of hydrogen-bond donors (Lipinski definition) is 1. The van der Waals surface area contributed by atoms with Crippen LogP contribution in [-0.4, -0.2) is 52.2 Å². The Morgan fingerprint density at radius 1 is 1.29 bits per heavy atom. The Balaban J connectivity index is 2.31. The minimum atomic E-state index is -3.61. The molecule has 0 radical (unpaired) electrons. The van der Waals surface area contributed by atoms with Crippen LogP contribution in [0.15, 0.2) is 23.1 Å². The van der Waals surface area contributed by atoms with Crippen molar-refractivity contribution < 1.29 is 17.9 Å². The standard InChI is InChI=1S/C13H19ClN2O4S/c1-19-12-7-16(8-13(12)20-2)21(17,18)10-3-4-11(14)9(5-10)6-15/h3-5,12-13H,6-8,15H2,1-2H3. The van der Waals surface area contributed by atoms with Crippen LogP contribution < -0.4 is 5.73 Å². The Bertz CT molecular complexity index is 596. The van der Waals surface area contributed by atoms with E-state index in [1.54, 1.807) is 20.3 Å². The lowest BCUT2D eigenvalue weighted by Crippen LogP contribution is -2.30. The SMILES string of the molecule is COC1CN(S(=O)(=O)c2ccc(Cl)c(CN)c2)CC1OC. The summed E-state index contributed by atoms with van der Waals surface area (Å²) in [6.07, 6.45) is -0.544. The van der Waals surface area contributed by atoms with E-state index in [0.717, 1.165) is 0 Å². The molecule has 1 heterocycles. The molecule has 2 rings (SSSR count). The number of methoxy groups -OCH3 is 2. The number of ether oxygens (including phenoxy) is 2. The second-order valence-corrected chi connectivity index (χ2v) is 7.17. The van der Waals surface area contributed by atoms with Crippen LogP contribution in [0.5, 0.6) is 0 Å². The lowest BCUT2D eigenvalue weighted by Gasteiger charge is -2.16. The number of halogens is 1. The minimum Gasteiger partial charge on any atom is -0.377 e. The number of rotatable bonds is 5. The summed E-state index contributed by atoms with van der Waals surface area (Å²) in [5, 5.41) is 0.461. The fraction of sp³-hybridized carbons (Fsp3) is 0.538. The monoisotopic (exact) mass is 334 g/mol. The van der Waals surface area contributed by atoms with E-state index in [1.165, 1.54) is 16.4 Å². The van der Waals surface area contributed by atoms with Crippen LogP contribution in [0.3, 0.4) is 0 Å². The third kappa shape index (κ3) is 3.23. The summed E-state index contributed by atoms with van der Waals surface area (Å²) in [6.45, 7) is 0.708. The van der Waals surface area contributed by atoms with Gasteiger partial charge in [0.15, 0.2) is 0 Å². The van der Waals surface area contributed by atoms with Crippen molar-refractivity contribution in [3.63, 3.8) is 0 Å². The number of benzene rings is 1. The van der Waals surface area contributed by atoms with Gasteiger partial charge in [0.05, 0.1) is 17.1 Å². The number of sulfonamides is 1. The maximum Gasteiger partial charge on any atom is 0.243 e. The van der Waals surface area contributed by atoms with Gasteiger partial charge in [-0.2, -0.15) is 4.31 Å². The summed E-state index contributed by atoms with van der Waals surface area (Å²) >= 11 is 5.97. The molecule has 6 nitrogen and oxygen atoms in total. The molecular weight excluding hydrogens is 316 g/mol. The highest BCUT2D eigenvalue weighted by atomic mass is 35.5. The van der Waals surface area contributed by atoms with Crippen molar-refractivity contribution in [3.05, 3.63) is 28.8 Å². The van der Waals surface area contributed by atoms with E-state index in [4.69, 9.17) is 26.8 Å². The molecule has 2 atom stereocenters. The molecule has 1 aliphatic rings. The third-order valence-corrected chi connectivity index (χ3v) is 5.86. The van der Waals surface area contributed by atoms with Gasteiger partial charge in [-0.25, -0.2) is 8.42 Å². The number of nitrogens with two attached hydrogens (primary N) is 1. The molecule has 1 aliphatic heterocycles. The van der Waals surface area contributed by atoms with Crippen molar-refractivity contribution in [2.24, 2.45) is 5.73 Å². The predicted octanol–water partition coefficient (Wildman–Crippen LogP) is 0.833. The molecule has 1 fully saturated rings. The number of hydrogen-bond acceptors (Lipinski definition) is 5. The largest absolute Gasteiger partial charge is 0.377 e. The van der Waals surface area contributed by atoms with E-state index in [9.17, 15) is 8.42 Å². The fourth-order valence-electron chi connectivity index (χ4n) is 2.38. The lowest BCUT2D eigenvalue weighted by molar-refractivity contribution is -0.00461. The molecule has 1 aromatic rings. The van der Waals surface area contributed by atoms with Gasteiger partial charge in [-0.1, -0.05) is 11.6 Å². The maximum absolute atomic E-state index is 12.7. The molecule has 118 valence electrons. The molecule has 0 saturated carbocycles. The van der Waals surface area contributed by atoms with Crippen LogP contribution in [0, 0.1) is 0 Å². The van der Waals surface area contributed by atoms with E-state index >= 15 is 0 Å². The maximum atomic E-state index is 12.7. The van der Waals surface area contributed by atoms with Crippen molar-refractivity contribution >= 4 is 21.6 Å². The smallest absolute Gasteiger partial charge is 0.243 e. The molecular formula is C13H19ClN2O4S. The molecule has 2 unspecified atom stereocenters. The molecule has 0 spiro atoms. The Kier molecular flexibility index (Phi) is 5.24. The summed E-state index contributed by atoms with van der Waals surface area (Å²) in [4.78, 5) is 0.180. The first-order chi connectivity index (χ1) is 9.93. The highest BCUT2D eigenvalue weighted by Crippen LogP contribution is 2.26. The second-order valence-electron chi connectivity index (χ2n) is 4.83. The van der Waals surface area contributed by atoms with E-state index in [-0.39, 0.29) is 36.7 Å². The topological polar surface area (TPSA) is 81.9 Å². The van der Waals surface area contributed by atoms with Crippen LogP contribution >= 0.6 is 11.6 Å². The van der Waals surface area contributed by atoms with Gasteiger partial charge in [0.1, 0.15) is 0 Å². The Morgan fingerprint density at radius 2 is 1.86 bits per heavy atom. The lowest BCUT2D eigenvalue weighted by atomic mass is 10.2. The molecule has 0 aromatic heterocycles. The zero-order valence-corrected chi connectivity index (χ0v) is 13.5. The molecule has 1 aromatic carbocycles. The number of nitrogens with zero attached hydrogens (tertiary/aromatic N) is 1. The second kappa shape index (κ2) is 6.60. The summed E-state index contributed by atoms with van der Waals surface area (Å²) < 4.78 is 37.2. The summed E-state index contributed by atoms with van der Waals surface area (Å²) in [6, 6.07) is 4.55. The van der Waals surface area contributed by atoms with E-state index in [1.807, 2.05) is 0 Å². The van der Waals surface area contributed by atoms with Crippen molar-refractivity contribution in [1.82, 2.24) is 4.31 Å². The molecule has 2 N–H and O–H groups in total. The van der Waals surface area contributed by atoms with Gasteiger partial charge < -0.3 is 15.2 Å². The van der Waals surface area contributed by atoms with Crippen molar-refractivity contribution in [2.45, 2.75) is 23.6 Å². The molecule has 1 saturated heterocycles.